The zero-order valence-corrected chi connectivity index (χ0v) is 10.4. The standard InChI is InChI=1S/C15H20N2/c1-2-17-15-9-7-14(8-10-15)13-5-3-12(11-16)4-6-13/h3-6,14-15,17H,2,7-10H2,1H3/t14-,15-. The second-order valence-electron chi connectivity index (χ2n) is 4.84. The molecule has 0 atom stereocenters. The average Bonchev–Trinajstić information content (AvgIpc) is 2.40. The Labute approximate surface area is 104 Å². The minimum absolute atomic E-state index is 0.692. The van der Waals surface area contributed by atoms with E-state index in [-0.39, 0.29) is 0 Å². The number of benzene rings is 1. The van der Waals surface area contributed by atoms with Gasteiger partial charge in [0.25, 0.3) is 0 Å². The van der Waals surface area contributed by atoms with Gasteiger partial charge in [-0.25, -0.2) is 0 Å². The molecule has 0 aromatic heterocycles. The van der Waals surface area contributed by atoms with Crippen LogP contribution >= 0.6 is 0 Å². The highest BCUT2D eigenvalue weighted by molar-refractivity contribution is 5.33. The molecule has 90 valence electrons. The fraction of sp³-hybridized carbons (Fsp3) is 0.533. The van der Waals surface area contributed by atoms with Crippen LogP contribution < -0.4 is 5.32 Å². The van der Waals surface area contributed by atoms with Gasteiger partial charge in [-0.2, -0.15) is 5.26 Å². The maximum absolute atomic E-state index is 8.77. The lowest BCUT2D eigenvalue weighted by atomic mass is 9.81. The minimum Gasteiger partial charge on any atom is -0.314 e. The lowest BCUT2D eigenvalue weighted by Crippen LogP contribution is -2.32. The number of hydrogen-bond acceptors (Lipinski definition) is 2. The maximum Gasteiger partial charge on any atom is 0.0991 e. The van der Waals surface area contributed by atoms with Crippen molar-refractivity contribution < 1.29 is 0 Å². The first-order chi connectivity index (χ1) is 8.33. The summed E-state index contributed by atoms with van der Waals surface area (Å²) in [5.74, 6) is 0.692. The second-order valence-corrected chi connectivity index (χ2v) is 4.84. The summed E-state index contributed by atoms with van der Waals surface area (Å²) in [6.07, 6.45) is 5.09. The molecule has 1 aliphatic rings. The number of nitrogens with one attached hydrogen (secondary N) is 1. The van der Waals surface area contributed by atoms with E-state index in [1.165, 1.54) is 31.2 Å². The molecule has 1 aliphatic carbocycles. The zero-order valence-electron chi connectivity index (χ0n) is 10.4. The Bertz CT molecular complexity index is 380. The summed E-state index contributed by atoms with van der Waals surface area (Å²) in [4.78, 5) is 0. The van der Waals surface area contributed by atoms with Gasteiger partial charge in [-0.3, -0.25) is 0 Å². The first-order valence-electron chi connectivity index (χ1n) is 6.57. The predicted molar refractivity (Wildman–Crippen MR) is 69.8 cm³/mol. The molecule has 0 bridgehead atoms. The number of rotatable bonds is 3. The zero-order chi connectivity index (χ0) is 12.1. The van der Waals surface area contributed by atoms with Crippen LogP contribution in [-0.2, 0) is 0 Å². The predicted octanol–water partition coefficient (Wildman–Crippen LogP) is 3.19. The van der Waals surface area contributed by atoms with Gasteiger partial charge in [0.15, 0.2) is 0 Å². The summed E-state index contributed by atoms with van der Waals surface area (Å²) in [5.41, 5.74) is 2.16. The Morgan fingerprint density at radius 2 is 1.82 bits per heavy atom. The SMILES string of the molecule is CCN[C@H]1CC[C@H](c2ccc(C#N)cc2)CC1. The third kappa shape index (κ3) is 3.08. The van der Waals surface area contributed by atoms with Crippen molar-refractivity contribution in [3.8, 4) is 6.07 Å². The van der Waals surface area contributed by atoms with Crippen LogP contribution in [0.25, 0.3) is 0 Å². The van der Waals surface area contributed by atoms with Gasteiger partial charge >= 0.3 is 0 Å². The van der Waals surface area contributed by atoms with E-state index in [1.54, 1.807) is 0 Å². The van der Waals surface area contributed by atoms with Gasteiger partial charge in [0.2, 0.25) is 0 Å². The van der Waals surface area contributed by atoms with Crippen LogP contribution in [0.1, 0.15) is 49.7 Å². The smallest absolute Gasteiger partial charge is 0.0991 e. The van der Waals surface area contributed by atoms with Crippen molar-refractivity contribution in [3.63, 3.8) is 0 Å². The van der Waals surface area contributed by atoms with Crippen LogP contribution in [0.4, 0.5) is 0 Å². The van der Waals surface area contributed by atoms with E-state index in [2.05, 4.69) is 30.4 Å². The highest BCUT2D eigenvalue weighted by Crippen LogP contribution is 2.32. The summed E-state index contributed by atoms with van der Waals surface area (Å²) in [6, 6.07) is 11.0. The van der Waals surface area contributed by atoms with Crippen LogP contribution in [0, 0.1) is 11.3 Å². The lowest BCUT2D eigenvalue weighted by Gasteiger charge is -2.29. The molecular weight excluding hydrogens is 208 g/mol. The Kier molecular flexibility index (Phi) is 4.17. The topological polar surface area (TPSA) is 35.8 Å². The molecule has 0 radical (unpaired) electrons. The van der Waals surface area contributed by atoms with Crippen molar-refractivity contribution >= 4 is 0 Å². The van der Waals surface area contributed by atoms with E-state index < -0.39 is 0 Å². The van der Waals surface area contributed by atoms with Crippen LogP contribution in [0.15, 0.2) is 24.3 Å². The van der Waals surface area contributed by atoms with Crippen molar-refractivity contribution in [1.82, 2.24) is 5.32 Å². The van der Waals surface area contributed by atoms with E-state index in [1.807, 2.05) is 12.1 Å². The van der Waals surface area contributed by atoms with Gasteiger partial charge in [-0.05, 0) is 55.8 Å². The van der Waals surface area contributed by atoms with E-state index >= 15 is 0 Å². The summed E-state index contributed by atoms with van der Waals surface area (Å²) in [7, 11) is 0. The fourth-order valence-electron chi connectivity index (χ4n) is 2.75. The van der Waals surface area contributed by atoms with Crippen LogP contribution in [0.3, 0.4) is 0 Å². The van der Waals surface area contributed by atoms with Gasteiger partial charge in [0, 0.05) is 6.04 Å². The molecule has 2 heteroatoms. The highest BCUT2D eigenvalue weighted by atomic mass is 14.9. The molecule has 0 saturated heterocycles. The normalized spacial score (nSPS) is 24.2. The third-order valence-electron chi connectivity index (χ3n) is 3.73. The van der Waals surface area contributed by atoms with Crippen LogP contribution in [0.5, 0.6) is 0 Å². The highest BCUT2D eigenvalue weighted by Gasteiger charge is 2.21. The molecule has 2 nitrogen and oxygen atoms in total. The van der Waals surface area contributed by atoms with Crippen molar-refractivity contribution in [1.29, 1.82) is 5.26 Å². The quantitative estimate of drug-likeness (QED) is 0.862. The molecule has 0 spiro atoms. The maximum atomic E-state index is 8.77. The number of hydrogen-bond donors (Lipinski definition) is 1. The molecule has 1 saturated carbocycles. The van der Waals surface area contributed by atoms with Gasteiger partial charge in [-0.1, -0.05) is 19.1 Å². The minimum atomic E-state index is 0.692. The van der Waals surface area contributed by atoms with Gasteiger partial charge in [-0.15, -0.1) is 0 Å². The van der Waals surface area contributed by atoms with E-state index in [9.17, 15) is 0 Å². The molecule has 2 rings (SSSR count). The first-order valence-corrected chi connectivity index (χ1v) is 6.57. The summed E-state index contributed by atoms with van der Waals surface area (Å²) in [6.45, 7) is 3.25. The van der Waals surface area contributed by atoms with Crippen LogP contribution in [0.2, 0.25) is 0 Å². The third-order valence-corrected chi connectivity index (χ3v) is 3.73. The van der Waals surface area contributed by atoms with E-state index in [4.69, 9.17) is 5.26 Å². The first kappa shape index (κ1) is 12.1. The van der Waals surface area contributed by atoms with Crippen molar-refractivity contribution in [2.75, 3.05) is 6.54 Å². The summed E-state index contributed by atoms with van der Waals surface area (Å²) in [5, 5.41) is 12.3. The van der Waals surface area contributed by atoms with Gasteiger partial charge in [0.05, 0.1) is 11.6 Å². The monoisotopic (exact) mass is 228 g/mol. The number of nitrogens with zero attached hydrogens (tertiary/aromatic N) is 1. The van der Waals surface area contributed by atoms with E-state index in [0.29, 0.717) is 5.92 Å². The van der Waals surface area contributed by atoms with Crippen molar-refractivity contribution in [2.24, 2.45) is 0 Å². The molecule has 1 fully saturated rings. The molecule has 0 aliphatic heterocycles. The summed E-state index contributed by atoms with van der Waals surface area (Å²) >= 11 is 0. The molecule has 1 N–H and O–H groups in total. The van der Waals surface area contributed by atoms with Gasteiger partial charge in [0.1, 0.15) is 0 Å². The van der Waals surface area contributed by atoms with Crippen molar-refractivity contribution in [2.45, 2.75) is 44.6 Å². The second kappa shape index (κ2) is 5.84. The Hall–Kier alpha value is -1.33. The molecule has 0 amide bonds. The Morgan fingerprint density at radius 3 is 2.35 bits per heavy atom. The Balaban J connectivity index is 1.94. The molecular formula is C15H20N2. The molecule has 0 unspecified atom stereocenters. The van der Waals surface area contributed by atoms with Crippen LogP contribution in [-0.4, -0.2) is 12.6 Å². The van der Waals surface area contributed by atoms with Crippen molar-refractivity contribution in [3.05, 3.63) is 35.4 Å². The fourth-order valence-corrected chi connectivity index (χ4v) is 2.75. The largest absolute Gasteiger partial charge is 0.314 e. The molecule has 17 heavy (non-hydrogen) atoms. The average molecular weight is 228 g/mol. The lowest BCUT2D eigenvalue weighted by molar-refractivity contribution is 0.348. The number of nitriles is 1. The molecule has 0 heterocycles. The molecule has 1 aromatic carbocycles. The Morgan fingerprint density at radius 1 is 1.18 bits per heavy atom. The molecule has 1 aromatic rings. The van der Waals surface area contributed by atoms with E-state index in [0.717, 1.165) is 18.2 Å². The summed E-state index contributed by atoms with van der Waals surface area (Å²) < 4.78 is 0. The van der Waals surface area contributed by atoms with Gasteiger partial charge < -0.3 is 5.32 Å².